The molecule has 0 spiro atoms. The summed E-state index contributed by atoms with van der Waals surface area (Å²) in [5, 5.41) is 2.68. The lowest BCUT2D eigenvalue weighted by Gasteiger charge is -2.36. The van der Waals surface area contributed by atoms with Gasteiger partial charge in [-0.05, 0) is 79.6 Å². The van der Waals surface area contributed by atoms with Crippen molar-refractivity contribution in [1.29, 1.82) is 0 Å². The maximum absolute atomic E-state index is 2.39. The number of hydrogen-bond acceptors (Lipinski definition) is 2. The van der Waals surface area contributed by atoms with Crippen molar-refractivity contribution in [3.8, 4) is 44.5 Å². The summed E-state index contributed by atoms with van der Waals surface area (Å²) >= 11 is 0. The fraction of sp³-hybridized carbons (Fsp3) is 0.227. The number of hydrogen-bond donors (Lipinski definition) is 0. The molecule has 0 atom stereocenters. The summed E-state index contributed by atoms with van der Waals surface area (Å²) in [5.41, 5.74) is 18.2. The van der Waals surface area contributed by atoms with E-state index in [9.17, 15) is 0 Å². The van der Waals surface area contributed by atoms with Crippen molar-refractivity contribution in [2.75, 3.05) is 23.9 Å². The molecule has 2 heterocycles. The summed E-state index contributed by atoms with van der Waals surface area (Å²) in [5.74, 6) is 0. The van der Waals surface area contributed by atoms with Crippen molar-refractivity contribution in [3.05, 3.63) is 120 Å². The Labute approximate surface area is 273 Å². The van der Waals surface area contributed by atoms with Crippen molar-refractivity contribution in [2.24, 2.45) is 0 Å². The van der Waals surface area contributed by atoms with E-state index in [0.717, 1.165) is 0 Å². The number of fused-ring (bicyclic) bond motifs is 4. The Morgan fingerprint density at radius 3 is 1.02 bits per heavy atom. The Kier molecular flexibility index (Phi) is 6.13. The van der Waals surface area contributed by atoms with Gasteiger partial charge in [-0.15, -0.1) is 0 Å². The van der Waals surface area contributed by atoms with E-state index in [0.29, 0.717) is 0 Å². The van der Waals surface area contributed by atoms with Crippen LogP contribution in [0.5, 0.6) is 0 Å². The van der Waals surface area contributed by atoms with Crippen LogP contribution in [0.3, 0.4) is 0 Å². The summed E-state index contributed by atoms with van der Waals surface area (Å²) < 4.78 is 0. The van der Waals surface area contributed by atoms with E-state index in [1.807, 2.05) is 0 Å². The van der Waals surface area contributed by atoms with Crippen molar-refractivity contribution in [1.82, 2.24) is 0 Å². The highest BCUT2D eigenvalue weighted by Crippen LogP contribution is 2.56. The summed E-state index contributed by atoms with van der Waals surface area (Å²) in [4.78, 5) is 4.77. The molecule has 0 unspecified atom stereocenters. The van der Waals surface area contributed by atoms with Crippen LogP contribution < -0.4 is 9.80 Å². The molecule has 2 heteroatoms. The fourth-order valence-electron chi connectivity index (χ4n) is 7.49. The van der Waals surface area contributed by atoms with Gasteiger partial charge in [0.2, 0.25) is 0 Å². The molecule has 8 rings (SSSR count). The average Bonchev–Trinajstić information content (AvgIpc) is 3.05. The highest BCUT2D eigenvalue weighted by atomic mass is 15.1. The molecule has 0 amide bonds. The van der Waals surface area contributed by atoms with Gasteiger partial charge in [0, 0.05) is 58.7 Å². The highest BCUT2D eigenvalue weighted by Gasteiger charge is 2.30. The first-order chi connectivity index (χ1) is 21.9. The van der Waals surface area contributed by atoms with Crippen LogP contribution >= 0.6 is 0 Å². The third-order valence-electron chi connectivity index (χ3n) is 10.3. The summed E-state index contributed by atoms with van der Waals surface area (Å²) in [6.07, 6.45) is 0. The quantitative estimate of drug-likeness (QED) is 0.196. The van der Waals surface area contributed by atoms with Gasteiger partial charge in [-0.2, -0.15) is 0 Å². The summed E-state index contributed by atoms with van der Waals surface area (Å²) in [6.45, 7) is 13.6. The first-order valence-corrected chi connectivity index (χ1v) is 16.5. The monoisotopic (exact) mass is 598 g/mol. The van der Waals surface area contributed by atoms with Gasteiger partial charge in [-0.25, -0.2) is 0 Å². The Morgan fingerprint density at radius 1 is 0.348 bits per heavy atom. The molecule has 0 bridgehead atoms. The molecule has 0 fully saturated rings. The zero-order valence-electron chi connectivity index (χ0n) is 28.3. The van der Waals surface area contributed by atoms with Crippen LogP contribution in [0.2, 0.25) is 0 Å². The van der Waals surface area contributed by atoms with Crippen LogP contribution in [0.15, 0.2) is 109 Å². The maximum atomic E-state index is 2.39. The predicted molar refractivity (Wildman–Crippen MR) is 199 cm³/mol. The normalized spacial score (nSPS) is 13.6. The SMILES string of the molecule is CN1c2cc(-c3ccc(C(C)(C)C)cc3)ccc2-c2ccc3c4c(ccc1c24)N(C)c1cc(-c2ccc(C(C)(C)C)cc2)ccc1-3. The summed E-state index contributed by atoms with van der Waals surface area (Å²) in [7, 11) is 4.44. The highest BCUT2D eigenvalue weighted by molar-refractivity contribution is 6.22. The van der Waals surface area contributed by atoms with E-state index in [-0.39, 0.29) is 10.8 Å². The number of anilines is 4. The van der Waals surface area contributed by atoms with Crippen LogP contribution in [0.1, 0.15) is 52.7 Å². The van der Waals surface area contributed by atoms with Crippen LogP contribution in [0.25, 0.3) is 55.3 Å². The number of benzene rings is 6. The van der Waals surface area contributed by atoms with Gasteiger partial charge in [0.1, 0.15) is 0 Å². The van der Waals surface area contributed by atoms with E-state index in [1.54, 1.807) is 0 Å². The number of nitrogens with zero attached hydrogens (tertiary/aromatic N) is 2. The minimum absolute atomic E-state index is 0.145. The first-order valence-electron chi connectivity index (χ1n) is 16.5. The lowest BCUT2D eigenvalue weighted by atomic mass is 9.83. The van der Waals surface area contributed by atoms with E-state index in [2.05, 4.69) is 175 Å². The van der Waals surface area contributed by atoms with Gasteiger partial charge in [-0.3, -0.25) is 0 Å². The van der Waals surface area contributed by atoms with Crippen LogP contribution in [0, 0.1) is 0 Å². The molecule has 0 radical (unpaired) electrons. The second-order valence-corrected chi connectivity index (χ2v) is 15.3. The smallest absolute Gasteiger partial charge is 0.0496 e. The Balaban J connectivity index is 1.23. The maximum Gasteiger partial charge on any atom is 0.0496 e. The minimum atomic E-state index is 0.145. The molecule has 0 aromatic heterocycles. The lowest BCUT2D eigenvalue weighted by molar-refractivity contribution is 0.590. The Morgan fingerprint density at radius 2 is 0.674 bits per heavy atom. The standard InChI is InChI=1S/C44H42N2/c1-43(2,3)31-15-9-27(10-16-31)29-13-19-33-35-21-22-36-34-20-14-30(28-11-17-32(18-12-28)44(4,5)6)26-40(34)46(8)38-24-23-37(41(35)42(36)38)45(7)39(33)25-29/h9-26H,1-8H3. The molecule has 6 aromatic rings. The van der Waals surface area contributed by atoms with Gasteiger partial charge < -0.3 is 9.80 Å². The molecule has 0 N–H and O–H groups in total. The van der Waals surface area contributed by atoms with Crippen molar-refractivity contribution < 1.29 is 0 Å². The van der Waals surface area contributed by atoms with Gasteiger partial charge in [-0.1, -0.05) is 126 Å². The van der Waals surface area contributed by atoms with Crippen LogP contribution in [0.4, 0.5) is 22.7 Å². The van der Waals surface area contributed by atoms with Gasteiger partial charge in [0.25, 0.3) is 0 Å². The number of rotatable bonds is 2. The molecule has 0 aliphatic carbocycles. The molecule has 2 nitrogen and oxygen atoms in total. The second-order valence-electron chi connectivity index (χ2n) is 15.3. The third-order valence-corrected chi connectivity index (χ3v) is 10.3. The molecule has 0 saturated carbocycles. The predicted octanol–water partition coefficient (Wildman–Crippen LogP) is 12.3. The fourth-order valence-corrected chi connectivity index (χ4v) is 7.49. The molecule has 46 heavy (non-hydrogen) atoms. The van der Waals surface area contributed by atoms with Crippen molar-refractivity contribution in [2.45, 2.75) is 52.4 Å². The summed E-state index contributed by atoms with van der Waals surface area (Å²) in [6, 6.07) is 41.4. The zero-order valence-corrected chi connectivity index (χ0v) is 28.3. The lowest BCUT2D eigenvalue weighted by Crippen LogP contribution is -2.19. The van der Waals surface area contributed by atoms with E-state index in [1.165, 1.54) is 89.2 Å². The molecule has 2 aliphatic rings. The molecule has 0 saturated heterocycles. The minimum Gasteiger partial charge on any atom is -0.344 e. The van der Waals surface area contributed by atoms with Crippen LogP contribution in [-0.2, 0) is 10.8 Å². The molecular weight excluding hydrogens is 556 g/mol. The largest absolute Gasteiger partial charge is 0.344 e. The molecular formula is C44H42N2. The molecule has 228 valence electrons. The van der Waals surface area contributed by atoms with Gasteiger partial charge in [0.05, 0.1) is 0 Å². The second kappa shape index (κ2) is 9.84. The average molecular weight is 599 g/mol. The molecule has 6 aromatic carbocycles. The Hall–Kier alpha value is -4.82. The first kappa shape index (κ1) is 28.6. The van der Waals surface area contributed by atoms with Gasteiger partial charge in [0.15, 0.2) is 0 Å². The van der Waals surface area contributed by atoms with Crippen LogP contribution in [-0.4, -0.2) is 14.1 Å². The van der Waals surface area contributed by atoms with E-state index in [4.69, 9.17) is 0 Å². The third kappa shape index (κ3) is 4.31. The van der Waals surface area contributed by atoms with Gasteiger partial charge >= 0.3 is 0 Å². The van der Waals surface area contributed by atoms with E-state index >= 15 is 0 Å². The van der Waals surface area contributed by atoms with E-state index < -0.39 is 0 Å². The van der Waals surface area contributed by atoms with Crippen molar-refractivity contribution in [3.63, 3.8) is 0 Å². The topological polar surface area (TPSA) is 6.48 Å². The van der Waals surface area contributed by atoms with Crippen molar-refractivity contribution >= 4 is 33.5 Å². The zero-order chi connectivity index (χ0) is 32.1. The Bertz CT molecular complexity index is 2010. The molecule has 2 aliphatic heterocycles.